The molecule has 0 spiro atoms. The number of rotatable bonds is 6. The third kappa shape index (κ3) is 4.73. The van der Waals surface area contributed by atoms with Gasteiger partial charge in [0.2, 0.25) is 0 Å². The van der Waals surface area contributed by atoms with E-state index in [-0.39, 0.29) is 17.8 Å². The molecule has 8 nitrogen and oxygen atoms in total. The number of dihydropyridines is 1. The predicted octanol–water partition coefficient (Wildman–Crippen LogP) is 4.19. The van der Waals surface area contributed by atoms with Crippen LogP contribution in [0.4, 0.5) is 0 Å². The highest BCUT2D eigenvalue weighted by Crippen LogP contribution is 2.47. The zero-order valence-corrected chi connectivity index (χ0v) is 21.6. The summed E-state index contributed by atoms with van der Waals surface area (Å²) in [5.41, 5.74) is 2.82. The van der Waals surface area contributed by atoms with Crippen molar-refractivity contribution in [2.45, 2.75) is 64.4 Å². The van der Waals surface area contributed by atoms with Gasteiger partial charge in [-0.2, -0.15) is 0 Å². The molecule has 1 aliphatic heterocycles. The minimum Gasteiger partial charge on any atom is -0.493 e. The predicted molar refractivity (Wildman–Crippen MR) is 132 cm³/mol. The molecule has 1 saturated carbocycles. The summed E-state index contributed by atoms with van der Waals surface area (Å²) >= 11 is 0. The molecule has 2 aliphatic carbocycles. The molecule has 0 aromatic heterocycles. The number of esters is 2. The maximum absolute atomic E-state index is 13.9. The van der Waals surface area contributed by atoms with Gasteiger partial charge in [-0.05, 0) is 62.6 Å². The molecular weight excluding hydrogens is 462 g/mol. The van der Waals surface area contributed by atoms with Gasteiger partial charge in [-0.1, -0.05) is 19.4 Å². The van der Waals surface area contributed by atoms with Gasteiger partial charge in [0.1, 0.15) is 12.0 Å². The van der Waals surface area contributed by atoms with Gasteiger partial charge in [0.15, 0.2) is 17.3 Å². The van der Waals surface area contributed by atoms with Crippen LogP contribution in [0.3, 0.4) is 0 Å². The molecular formula is C28H35NO7. The number of ether oxygens (including phenoxy) is 4. The molecule has 1 N–H and O–H groups in total. The smallest absolute Gasteiger partial charge is 0.337 e. The summed E-state index contributed by atoms with van der Waals surface area (Å²) in [7, 11) is 4.37. The van der Waals surface area contributed by atoms with Crippen LogP contribution in [-0.4, -0.2) is 45.2 Å². The minimum atomic E-state index is -0.938. The van der Waals surface area contributed by atoms with E-state index < -0.39 is 23.8 Å². The molecule has 0 bridgehead atoms. The third-order valence-corrected chi connectivity index (χ3v) is 7.53. The van der Waals surface area contributed by atoms with E-state index in [0.717, 1.165) is 37.8 Å². The maximum Gasteiger partial charge on any atom is 0.337 e. The summed E-state index contributed by atoms with van der Waals surface area (Å²) in [6.45, 7) is 3.69. The van der Waals surface area contributed by atoms with Crippen LogP contribution in [-0.2, 0) is 23.9 Å². The van der Waals surface area contributed by atoms with Crippen molar-refractivity contribution in [2.75, 3.05) is 21.3 Å². The summed E-state index contributed by atoms with van der Waals surface area (Å²) < 4.78 is 21.9. The van der Waals surface area contributed by atoms with Gasteiger partial charge in [0.05, 0.1) is 26.9 Å². The fourth-order valence-electron chi connectivity index (χ4n) is 5.71. The van der Waals surface area contributed by atoms with Gasteiger partial charge in [-0.3, -0.25) is 9.59 Å². The second-order valence-electron chi connectivity index (χ2n) is 9.82. The van der Waals surface area contributed by atoms with Crippen molar-refractivity contribution in [3.05, 3.63) is 46.3 Å². The van der Waals surface area contributed by atoms with Crippen molar-refractivity contribution in [3.8, 4) is 11.5 Å². The topological polar surface area (TPSA) is 100 Å². The molecule has 0 saturated heterocycles. The Balaban J connectivity index is 1.82. The van der Waals surface area contributed by atoms with Crippen molar-refractivity contribution >= 4 is 17.7 Å². The normalized spacial score (nSPS) is 24.6. The lowest BCUT2D eigenvalue weighted by atomic mass is 9.69. The molecule has 1 aromatic carbocycles. The Bertz CT molecular complexity index is 1110. The van der Waals surface area contributed by atoms with Crippen molar-refractivity contribution in [3.63, 3.8) is 0 Å². The molecule has 3 aliphatic rings. The molecule has 4 rings (SSSR count). The average molecular weight is 498 g/mol. The second-order valence-corrected chi connectivity index (χ2v) is 9.82. The maximum atomic E-state index is 13.9. The van der Waals surface area contributed by atoms with Gasteiger partial charge in [0, 0.05) is 22.9 Å². The highest BCUT2D eigenvalue weighted by atomic mass is 16.5. The van der Waals surface area contributed by atoms with Gasteiger partial charge in [0.25, 0.3) is 0 Å². The summed E-state index contributed by atoms with van der Waals surface area (Å²) in [6, 6.07) is 5.35. The van der Waals surface area contributed by atoms with Crippen LogP contribution in [0.15, 0.2) is 40.7 Å². The zero-order valence-electron chi connectivity index (χ0n) is 21.6. The standard InChI is InChI=1S/C28H35NO7/c1-15-13-19-25(26(30)22(15)27(31)35-5)24(17-11-12-20(33-3)21(14-17)34-4)23(16(2)29-19)28(32)36-18-9-7-6-8-10-18/h11-12,14-15,18,22,24,29H,6-10,13H2,1-5H3/t15-,22+,24-/m0/s1. The summed E-state index contributed by atoms with van der Waals surface area (Å²) in [5.74, 6) is -2.23. The Morgan fingerprint density at radius 3 is 2.33 bits per heavy atom. The molecule has 3 atom stereocenters. The lowest BCUT2D eigenvalue weighted by molar-refractivity contribution is -0.151. The van der Waals surface area contributed by atoms with Crippen LogP contribution in [0.2, 0.25) is 0 Å². The summed E-state index contributed by atoms with van der Waals surface area (Å²) in [5, 5.41) is 3.31. The van der Waals surface area contributed by atoms with Crippen LogP contribution >= 0.6 is 0 Å². The number of carbonyl (C=O) groups excluding carboxylic acids is 3. The van der Waals surface area contributed by atoms with Crippen molar-refractivity contribution in [1.29, 1.82) is 0 Å². The first-order valence-electron chi connectivity index (χ1n) is 12.6. The number of methoxy groups -OCH3 is 3. The second kappa shape index (κ2) is 10.8. The van der Waals surface area contributed by atoms with E-state index in [4.69, 9.17) is 18.9 Å². The number of ketones is 1. The molecule has 1 aromatic rings. The van der Waals surface area contributed by atoms with Gasteiger partial charge >= 0.3 is 11.9 Å². The van der Waals surface area contributed by atoms with Crippen molar-refractivity contribution < 1.29 is 33.3 Å². The monoisotopic (exact) mass is 497 g/mol. The van der Waals surface area contributed by atoms with Crippen LogP contribution in [0.1, 0.15) is 63.9 Å². The van der Waals surface area contributed by atoms with E-state index in [1.807, 2.05) is 19.9 Å². The number of benzene rings is 1. The molecule has 194 valence electrons. The minimum absolute atomic E-state index is 0.141. The highest BCUT2D eigenvalue weighted by molar-refractivity contribution is 6.12. The molecule has 0 amide bonds. The number of carbonyl (C=O) groups is 3. The average Bonchev–Trinajstić information content (AvgIpc) is 2.87. The van der Waals surface area contributed by atoms with Crippen molar-refractivity contribution in [1.82, 2.24) is 5.32 Å². The molecule has 0 unspecified atom stereocenters. The quantitative estimate of drug-likeness (QED) is 0.461. The Labute approximate surface area is 212 Å². The molecule has 1 fully saturated rings. The van der Waals surface area contributed by atoms with Crippen LogP contribution < -0.4 is 14.8 Å². The number of hydrogen-bond acceptors (Lipinski definition) is 8. The van der Waals surface area contributed by atoms with E-state index in [0.29, 0.717) is 40.3 Å². The highest BCUT2D eigenvalue weighted by Gasteiger charge is 2.47. The largest absolute Gasteiger partial charge is 0.493 e. The van der Waals surface area contributed by atoms with E-state index in [1.54, 1.807) is 19.2 Å². The fraction of sp³-hybridized carbons (Fsp3) is 0.536. The van der Waals surface area contributed by atoms with E-state index in [2.05, 4.69) is 5.32 Å². The van der Waals surface area contributed by atoms with Crippen LogP contribution in [0.5, 0.6) is 11.5 Å². The molecule has 1 heterocycles. The van der Waals surface area contributed by atoms with Crippen molar-refractivity contribution in [2.24, 2.45) is 11.8 Å². The first kappa shape index (κ1) is 25.8. The zero-order chi connectivity index (χ0) is 26.0. The Kier molecular flexibility index (Phi) is 7.71. The Morgan fingerprint density at radius 2 is 1.69 bits per heavy atom. The van der Waals surface area contributed by atoms with Gasteiger partial charge in [-0.25, -0.2) is 4.79 Å². The molecule has 8 heteroatoms. The number of Topliss-reactive ketones (excluding diaryl/α,β-unsaturated/α-hetero) is 1. The first-order valence-corrected chi connectivity index (χ1v) is 12.6. The van der Waals surface area contributed by atoms with Gasteiger partial charge in [-0.15, -0.1) is 0 Å². The number of nitrogens with one attached hydrogen (secondary N) is 1. The molecule has 36 heavy (non-hydrogen) atoms. The van der Waals surface area contributed by atoms with E-state index >= 15 is 0 Å². The molecule has 0 radical (unpaired) electrons. The fourth-order valence-corrected chi connectivity index (χ4v) is 5.71. The SMILES string of the molecule is COC(=O)[C@H]1C(=O)C2=C(C[C@@H]1C)NC(C)=C(C(=O)OC1CCCCC1)[C@@H]2c1ccc(OC)c(OC)c1. The lowest BCUT2D eigenvalue weighted by Crippen LogP contribution is -2.43. The van der Waals surface area contributed by atoms with Crippen LogP contribution in [0, 0.1) is 11.8 Å². The lowest BCUT2D eigenvalue weighted by Gasteiger charge is -2.38. The Morgan fingerprint density at radius 1 is 1.00 bits per heavy atom. The van der Waals surface area contributed by atoms with Crippen LogP contribution in [0.25, 0.3) is 0 Å². The van der Waals surface area contributed by atoms with Gasteiger partial charge < -0.3 is 24.3 Å². The number of hydrogen-bond donors (Lipinski definition) is 1. The first-order chi connectivity index (χ1) is 17.3. The van der Waals surface area contributed by atoms with E-state index in [9.17, 15) is 14.4 Å². The summed E-state index contributed by atoms with van der Waals surface area (Å²) in [6.07, 6.45) is 5.21. The van der Waals surface area contributed by atoms with E-state index in [1.165, 1.54) is 14.2 Å². The number of allylic oxidation sites excluding steroid dienone is 3. The third-order valence-electron chi connectivity index (χ3n) is 7.53. The summed E-state index contributed by atoms with van der Waals surface area (Å²) in [4.78, 5) is 40.1. The Hall–Kier alpha value is -3.29.